The van der Waals surface area contributed by atoms with Gasteiger partial charge in [0.1, 0.15) is 0 Å². The van der Waals surface area contributed by atoms with Gasteiger partial charge in [0.25, 0.3) is 0 Å². The van der Waals surface area contributed by atoms with Crippen molar-refractivity contribution >= 4 is 11.9 Å². The zero-order valence-electron chi connectivity index (χ0n) is 29.2. The first-order valence-corrected chi connectivity index (χ1v) is 18.3. The highest BCUT2D eigenvalue weighted by molar-refractivity contribution is 5.69. The van der Waals surface area contributed by atoms with Crippen LogP contribution < -0.4 is 0 Å². The van der Waals surface area contributed by atoms with Gasteiger partial charge in [0.05, 0.1) is 14.2 Å². The van der Waals surface area contributed by atoms with E-state index in [1.54, 1.807) is 0 Å². The van der Waals surface area contributed by atoms with Gasteiger partial charge in [-0.15, -0.1) is 0 Å². The molecule has 0 aliphatic rings. The van der Waals surface area contributed by atoms with Gasteiger partial charge in [-0.05, 0) is 83.0 Å². The minimum atomic E-state index is -0.102. The smallest absolute Gasteiger partial charge is 0.305 e. The first-order chi connectivity index (χ1) is 21.6. The number of unbranched alkanes of at least 4 members (excludes halogenated alkanes) is 16. The van der Waals surface area contributed by atoms with E-state index in [1.165, 1.54) is 117 Å². The summed E-state index contributed by atoms with van der Waals surface area (Å²) >= 11 is 0. The lowest BCUT2D eigenvalue weighted by Crippen LogP contribution is -1.98. The van der Waals surface area contributed by atoms with Gasteiger partial charge in [0.15, 0.2) is 0 Å². The molecule has 0 spiro atoms. The van der Waals surface area contributed by atoms with Crippen LogP contribution in [0.1, 0.15) is 174 Å². The van der Waals surface area contributed by atoms with Crippen LogP contribution in [0.5, 0.6) is 0 Å². The van der Waals surface area contributed by atoms with E-state index >= 15 is 0 Å². The van der Waals surface area contributed by atoms with Crippen molar-refractivity contribution in [2.24, 2.45) is 5.92 Å². The topological polar surface area (TPSA) is 52.6 Å². The van der Waals surface area contributed by atoms with Gasteiger partial charge in [-0.1, -0.05) is 133 Å². The molecule has 0 aliphatic carbocycles. The van der Waals surface area contributed by atoms with Crippen molar-refractivity contribution < 1.29 is 19.1 Å². The van der Waals surface area contributed by atoms with Crippen LogP contribution in [0.4, 0.5) is 0 Å². The Bertz CT molecular complexity index is 686. The molecule has 254 valence electrons. The molecule has 4 nitrogen and oxygen atoms in total. The zero-order chi connectivity index (χ0) is 32.2. The van der Waals surface area contributed by atoms with Gasteiger partial charge in [0, 0.05) is 12.8 Å². The summed E-state index contributed by atoms with van der Waals surface area (Å²) in [5.74, 6) is 0.692. The second-order valence-corrected chi connectivity index (χ2v) is 12.5. The Labute approximate surface area is 273 Å². The molecule has 0 aromatic carbocycles. The summed E-state index contributed by atoms with van der Waals surface area (Å²) < 4.78 is 9.31. The summed E-state index contributed by atoms with van der Waals surface area (Å²) in [6.07, 6.45) is 49.2. The predicted octanol–water partition coefficient (Wildman–Crippen LogP) is 12.3. The van der Waals surface area contributed by atoms with Crippen molar-refractivity contribution in [1.29, 1.82) is 0 Å². The average molecular weight is 615 g/mol. The number of allylic oxidation sites excluding steroid dienone is 8. The second kappa shape index (κ2) is 35.4. The molecule has 0 aromatic heterocycles. The lowest BCUT2D eigenvalue weighted by molar-refractivity contribution is -0.141. The van der Waals surface area contributed by atoms with E-state index in [0.717, 1.165) is 57.3 Å². The lowest BCUT2D eigenvalue weighted by Gasteiger charge is -2.11. The molecule has 0 N–H and O–H groups in total. The van der Waals surface area contributed by atoms with Crippen molar-refractivity contribution in [3.05, 3.63) is 48.6 Å². The minimum absolute atomic E-state index is 0.102. The fraction of sp³-hybridized carbons (Fsp3) is 0.750. The van der Waals surface area contributed by atoms with Gasteiger partial charge in [-0.3, -0.25) is 9.59 Å². The molecule has 4 heteroatoms. The Kier molecular flexibility index (Phi) is 33.7. The summed E-state index contributed by atoms with van der Waals surface area (Å²) in [5.41, 5.74) is 0. The summed E-state index contributed by atoms with van der Waals surface area (Å²) in [7, 11) is 2.90. The fourth-order valence-corrected chi connectivity index (χ4v) is 5.35. The van der Waals surface area contributed by atoms with E-state index in [-0.39, 0.29) is 11.9 Å². The van der Waals surface area contributed by atoms with E-state index in [2.05, 4.69) is 65.0 Å². The highest BCUT2D eigenvalue weighted by Gasteiger charge is 2.02. The molecule has 0 saturated carbocycles. The standard InChI is InChI=1S/C40H70O4/c1-38(34-30-26-22-18-14-10-6-4-8-12-16-20-24-28-32-36-39(41)43-2)35-31-27-23-19-15-11-7-5-9-13-17-21-25-29-33-37-40(42)44-3/h4-5,8-9,16-17,20-21,38H,6-7,10-15,18-19,22-37H2,1-3H3/b8-4-,9-5-,20-16-,21-17-. The molecule has 0 unspecified atom stereocenters. The molecule has 0 aliphatic heterocycles. The molecule has 0 rings (SSSR count). The van der Waals surface area contributed by atoms with E-state index in [0.29, 0.717) is 12.8 Å². The number of carbonyl (C=O) groups is 2. The van der Waals surface area contributed by atoms with Crippen LogP contribution in [-0.4, -0.2) is 26.2 Å². The number of hydrogen-bond donors (Lipinski definition) is 0. The fourth-order valence-electron chi connectivity index (χ4n) is 5.35. The molecule has 0 saturated heterocycles. The first kappa shape index (κ1) is 41.9. The molecule has 0 atom stereocenters. The Hall–Kier alpha value is -2.10. The van der Waals surface area contributed by atoms with E-state index < -0.39 is 0 Å². The van der Waals surface area contributed by atoms with Crippen LogP contribution in [0.25, 0.3) is 0 Å². The van der Waals surface area contributed by atoms with Crippen molar-refractivity contribution in [2.45, 2.75) is 174 Å². The third kappa shape index (κ3) is 34.4. The molecule has 0 aromatic rings. The Morgan fingerprint density at radius 1 is 0.432 bits per heavy atom. The maximum atomic E-state index is 11.1. The predicted molar refractivity (Wildman–Crippen MR) is 190 cm³/mol. The normalized spacial score (nSPS) is 12.1. The number of esters is 2. The Balaban J connectivity index is 3.34. The maximum Gasteiger partial charge on any atom is 0.305 e. The second-order valence-electron chi connectivity index (χ2n) is 12.5. The van der Waals surface area contributed by atoms with Crippen LogP contribution in [-0.2, 0) is 19.1 Å². The van der Waals surface area contributed by atoms with Crippen molar-refractivity contribution in [3.8, 4) is 0 Å². The molecule has 0 radical (unpaired) electrons. The van der Waals surface area contributed by atoms with Gasteiger partial charge in [0.2, 0.25) is 0 Å². The highest BCUT2D eigenvalue weighted by Crippen LogP contribution is 2.19. The van der Waals surface area contributed by atoms with Crippen LogP contribution in [0.3, 0.4) is 0 Å². The number of methoxy groups -OCH3 is 2. The summed E-state index contributed by atoms with van der Waals surface area (Å²) in [6.45, 7) is 2.46. The molecular formula is C40H70O4. The quantitative estimate of drug-likeness (QED) is 0.0430. The molecule has 0 amide bonds. The van der Waals surface area contributed by atoms with Crippen LogP contribution in [0.2, 0.25) is 0 Å². The van der Waals surface area contributed by atoms with Gasteiger partial charge in [-0.2, -0.15) is 0 Å². The average Bonchev–Trinajstić information content (AvgIpc) is 3.03. The summed E-state index contributed by atoms with van der Waals surface area (Å²) in [5, 5.41) is 0. The minimum Gasteiger partial charge on any atom is -0.469 e. The monoisotopic (exact) mass is 615 g/mol. The Morgan fingerprint density at radius 3 is 1.07 bits per heavy atom. The van der Waals surface area contributed by atoms with Crippen molar-refractivity contribution in [3.63, 3.8) is 0 Å². The molecule has 0 bridgehead atoms. The van der Waals surface area contributed by atoms with E-state index in [9.17, 15) is 9.59 Å². The SMILES string of the molecule is COC(=O)CCCC/C=C\C/C=C\CCCCCCCCC(C)CCCCCCCC/C=C\C/C=C\CCCCC(=O)OC. The molecule has 0 heterocycles. The van der Waals surface area contributed by atoms with Gasteiger partial charge < -0.3 is 9.47 Å². The summed E-state index contributed by atoms with van der Waals surface area (Å²) in [4.78, 5) is 22.1. The van der Waals surface area contributed by atoms with E-state index in [4.69, 9.17) is 0 Å². The van der Waals surface area contributed by atoms with E-state index in [1.807, 2.05) is 0 Å². The largest absolute Gasteiger partial charge is 0.469 e. The molecule has 0 fully saturated rings. The highest BCUT2D eigenvalue weighted by atomic mass is 16.5. The number of ether oxygens (including phenoxy) is 2. The number of carbonyl (C=O) groups excluding carboxylic acids is 2. The number of hydrogen-bond acceptors (Lipinski definition) is 4. The zero-order valence-corrected chi connectivity index (χ0v) is 29.2. The van der Waals surface area contributed by atoms with Gasteiger partial charge >= 0.3 is 11.9 Å². The van der Waals surface area contributed by atoms with Crippen LogP contribution >= 0.6 is 0 Å². The van der Waals surface area contributed by atoms with Gasteiger partial charge in [-0.25, -0.2) is 0 Å². The third-order valence-electron chi connectivity index (χ3n) is 8.31. The first-order valence-electron chi connectivity index (χ1n) is 18.3. The molecular weight excluding hydrogens is 544 g/mol. The third-order valence-corrected chi connectivity index (χ3v) is 8.31. The molecule has 44 heavy (non-hydrogen) atoms. The summed E-state index contributed by atoms with van der Waals surface area (Å²) in [6, 6.07) is 0. The lowest BCUT2D eigenvalue weighted by atomic mass is 9.96. The van der Waals surface area contributed by atoms with Crippen molar-refractivity contribution in [1.82, 2.24) is 0 Å². The van der Waals surface area contributed by atoms with Crippen molar-refractivity contribution in [2.75, 3.05) is 14.2 Å². The maximum absolute atomic E-state index is 11.1. The number of rotatable bonds is 32. The van der Waals surface area contributed by atoms with Crippen LogP contribution in [0, 0.1) is 5.92 Å². The van der Waals surface area contributed by atoms with Crippen LogP contribution in [0.15, 0.2) is 48.6 Å². The Morgan fingerprint density at radius 2 is 0.727 bits per heavy atom.